The molecule has 0 rings (SSSR count). The highest BCUT2D eigenvalue weighted by Crippen LogP contribution is 1.77. The summed E-state index contributed by atoms with van der Waals surface area (Å²) in [7, 11) is 0. The van der Waals surface area contributed by atoms with Crippen molar-refractivity contribution >= 4 is 6.21 Å². The fourth-order valence-corrected chi connectivity index (χ4v) is 0.377. The smallest absolute Gasteiger partial charge is 0.0263 e. The van der Waals surface area contributed by atoms with Crippen LogP contribution in [-0.4, -0.2) is 6.21 Å². The summed E-state index contributed by atoms with van der Waals surface area (Å²) in [6, 6.07) is 0. The minimum absolute atomic E-state index is 1.00. The van der Waals surface area contributed by atoms with Crippen LogP contribution in [0.5, 0.6) is 0 Å². The third kappa shape index (κ3) is 7.15. The van der Waals surface area contributed by atoms with Crippen molar-refractivity contribution in [1.82, 2.24) is 0 Å². The van der Waals surface area contributed by atoms with Gasteiger partial charge in [-0.15, -0.1) is 0 Å². The van der Waals surface area contributed by atoms with Crippen molar-refractivity contribution in [2.75, 3.05) is 0 Å². The molecule has 0 aliphatic heterocycles. The Morgan fingerprint density at radius 2 is 2.11 bits per heavy atom. The SMILES string of the molecule is C/C=C/C=C/N=CCC. The lowest BCUT2D eigenvalue weighted by Gasteiger charge is -1.73. The molecule has 0 aliphatic carbocycles. The van der Waals surface area contributed by atoms with Crippen LogP contribution in [0.3, 0.4) is 0 Å². The van der Waals surface area contributed by atoms with Gasteiger partial charge >= 0.3 is 0 Å². The van der Waals surface area contributed by atoms with Crippen molar-refractivity contribution in [3.63, 3.8) is 0 Å². The molecular weight excluding hydrogens is 110 g/mol. The zero-order chi connectivity index (χ0) is 6.95. The number of aliphatic imine (C=N–C) groups is 1. The van der Waals surface area contributed by atoms with Gasteiger partial charge in [0.25, 0.3) is 0 Å². The summed E-state index contributed by atoms with van der Waals surface area (Å²) in [5.41, 5.74) is 0. The number of hydrogen-bond acceptors (Lipinski definition) is 1. The summed E-state index contributed by atoms with van der Waals surface area (Å²) < 4.78 is 0. The summed E-state index contributed by atoms with van der Waals surface area (Å²) >= 11 is 0. The van der Waals surface area contributed by atoms with Gasteiger partial charge in [0.15, 0.2) is 0 Å². The van der Waals surface area contributed by atoms with E-state index < -0.39 is 0 Å². The molecule has 0 aromatic heterocycles. The Bertz CT molecular complexity index is 121. The lowest BCUT2D eigenvalue weighted by atomic mass is 10.5. The average Bonchev–Trinajstić information content (AvgIpc) is 1.89. The first-order valence-corrected chi connectivity index (χ1v) is 3.21. The van der Waals surface area contributed by atoms with Gasteiger partial charge in [-0.25, -0.2) is 0 Å². The molecular formula is C8H13N. The van der Waals surface area contributed by atoms with Crippen molar-refractivity contribution in [3.05, 3.63) is 24.4 Å². The zero-order valence-electron chi connectivity index (χ0n) is 6.04. The monoisotopic (exact) mass is 123 g/mol. The quantitative estimate of drug-likeness (QED) is 0.404. The molecule has 0 aromatic rings. The largest absolute Gasteiger partial charge is 0.269 e. The van der Waals surface area contributed by atoms with Crippen LogP contribution < -0.4 is 0 Å². The summed E-state index contributed by atoms with van der Waals surface area (Å²) in [6.07, 6.45) is 10.5. The van der Waals surface area contributed by atoms with Crippen LogP contribution in [0.4, 0.5) is 0 Å². The third-order valence-corrected chi connectivity index (χ3v) is 0.764. The maximum Gasteiger partial charge on any atom is 0.0263 e. The second kappa shape index (κ2) is 7.15. The number of rotatable bonds is 3. The zero-order valence-corrected chi connectivity index (χ0v) is 6.04. The normalized spacial score (nSPS) is 12.7. The van der Waals surface area contributed by atoms with Gasteiger partial charge in [-0.2, -0.15) is 0 Å². The molecule has 0 spiro atoms. The molecule has 1 nitrogen and oxygen atoms in total. The predicted molar refractivity (Wildman–Crippen MR) is 42.7 cm³/mol. The van der Waals surface area contributed by atoms with E-state index in [1.165, 1.54) is 0 Å². The fourth-order valence-electron chi connectivity index (χ4n) is 0.377. The van der Waals surface area contributed by atoms with E-state index in [9.17, 15) is 0 Å². The first kappa shape index (κ1) is 8.15. The van der Waals surface area contributed by atoms with Crippen LogP contribution in [0.1, 0.15) is 20.3 Å². The highest BCUT2D eigenvalue weighted by atomic mass is 14.7. The minimum Gasteiger partial charge on any atom is -0.269 e. The lowest BCUT2D eigenvalue weighted by Crippen LogP contribution is -1.61. The van der Waals surface area contributed by atoms with Gasteiger partial charge < -0.3 is 0 Å². The van der Waals surface area contributed by atoms with Crippen molar-refractivity contribution in [2.24, 2.45) is 4.99 Å². The molecule has 0 saturated heterocycles. The van der Waals surface area contributed by atoms with Gasteiger partial charge in [0.2, 0.25) is 0 Å². The second-order valence-electron chi connectivity index (χ2n) is 1.61. The van der Waals surface area contributed by atoms with Gasteiger partial charge in [-0.1, -0.05) is 19.1 Å². The minimum atomic E-state index is 1.00. The summed E-state index contributed by atoms with van der Waals surface area (Å²) in [4.78, 5) is 3.97. The van der Waals surface area contributed by atoms with Crippen LogP contribution >= 0.6 is 0 Å². The molecule has 0 fully saturated rings. The van der Waals surface area contributed by atoms with E-state index in [-0.39, 0.29) is 0 Å². The van der Waals surface area contributed by atoms with Crippen LogP contribution in [0, 0.1) is 0 Å². The van der Waals surface area contributed by atoms with E-state index in [1.807, 2.05) is 31.4 Å². The van der Waals surface area contributed by atoms with Crippen LogP contribution in [0.2, 0.25) is 0 Å². The van der Waals surface area contributed by atoms with E-state index >= 15 is 0 Å². The Morgan fingerprint density at radius 3 is 2.67 bits per heavy atom. The van der Waals surface area contributed by atoms with Crippen molar-refractivity contribution in [1.29, 1.82) is 0 Å². The molecule has 0 atom stereocenters. The molecule has 9 heavy (non-hydrogen) atoms. The van der Waals surface area contributed by atoms with Gasteiger partial charge in [-0.3, -0.25) is 4.99 Å². The third-order valence-electron chi connectivity index (χ3n) is 0.764. The van der Waals surface area contributed by atoms with Crippen molar-refractivity contribution < 1.29 is 0 Å². The van der Waals surface area contributed by atoms with Gasteiger partial charge in [0, 0.05) is 12.4 Å². The van der Waals surface area contributed by atoms with Crippen LogP contribution in [0.15, 0.2) is 29.4 Å². The van der Waals surface area contributed by atoms with E-state index in [0.29, 0.717) is 0 Å². The Morgan fingerprint density at radius 1 is 1.33 bits per heavy atom. The number of allylic oxidation sites excluding steroid dienone is 3. The molecule has 50 valence electrons. The fraction of sp³-hybridized carbons (Fsp3) is 0.375. The van der Waals surface area contributed by atoms with Gasteiger partial charge in [-0.05, 0) is 19.4 Å². The standard InChI is InChI=1S/C8H13N/c1-3-5-6-8-9-7-4-2/h3,5-8H,4H2,1-2H3/b5-3+,8-6+,9-7?. The molecule has 0 heterocycles. The maximum absolute atomic E-state index is 3.97. The van der Waals surface area contributed by atoms with E-state index in [0.717, 1.165) is 6.42 Å². The predicted octanol–water partition coefficient (Wildman–Crippen LogP) is 2.56. The van der Waals surface area contributed by atoms with Crippen LogP contribution in [-0.2, 0) is 0 Å². The molecule has 0 aliphatic rings. The second-order valence-corrected chi connectivity index (χ2v) is 1.61. The molecule has 1 heteroatoms. The first-order chi connectivity index (χ1) is 4.41. The Kier molecular flexibility index (Phi) is 6.47. The molecule has 0 radical (unpaired) electrons. The highest BCUT2D eigenvalue weighted by Gasteiger charge is 1.60. The molecule has 0 aromatic carbocycles. The van der Waals surface area contributed by atoms with Crippen LogP contribution in [0.25, 0.3) is 0 Å². The number of hydrogen-bond donors (Lipinski definition) is 0. The van der Waals surface area contributed by atoms with Crippen molar-refractivity contribution in [2.45, 2.75) is 20.3 Å². The lowest BCUT2D eigenvalue weighted by molar-refractivity contribution is 1.31. The molecule has 0 unspecified atom stereocenters. The van der Waals surface area contributed by atoms with E-state index in [4.69, 9.17) is 0 Å². The van der Waals surface area contributed by atoms with Gasteiger partial charge in [0.05, 0.1) is 0 Å². The van der Waals surface area contributed by atoms with E-state index in [2.05, 4.69) is 11.9 Å². The van der Waals surface area contributed by atoms with E-state index in [1.54, 1.807) is 6.20 Å². The Balaban J connectivity index is 3.35. The summed E-state index contributed by atoms with van der Waals surface area (Å²) in [5.74, 6) is 0. The molecule has 0 saturated carbocycles. The van der Waals surface area contributed by atoms with Gasteiger partial charge in [0.1, 0.15) is 0 Å². The molecule has 0 N–H and O–H groups in total. The summed E-state index contributed by atoms with van der Waals surface area (Å²) in [6.45, 7) is 4.04. The average molecular weight is 123 g/mol. The molecule has 0 amide bonds. The Hall–Kier alpha value is -0.850. The first-order valence-electron chi connectivity index (χ1n) is 3.21. The van der Waals surface area contributed by atoms with Crippen molar-refractivity contribution in [3.8, 4) is 0 Å². The highest BCUT2D eigenvalue weighted by molar-refractivity contribution is 5.57. The molecule has 0 bridgehead atoms. The Labute approximate surface area is 56.8 Å². The maximum atomic E-state index is 3.97. The summed E-state index contributed by atoms with van der Waals surface area (Å²) in [5, 5.41) is 0. The topological polar surface area (TPSA) is 12.4 Å². The number of nitrogens with zero attached hydrogens (tertiary/aromatic N) is 1.